The van der Waals surface area contributed by atoms with Crippen molar-refractivity contribution < 1.29 is 18.0 Å². The minimum Gasteiger partial charge on any atom is -0.331 e. The molecule has 26 heavy (non-hydrogen) atoms. The maximum absolute atomic E-state index is 12.6. The number of nitrogens with zero attached hydrogens (tertiary/aromatic N) is 1. The number of sulfonamides is 1. The van der Waals surface area contributed by atoms with E-state index < -0.39 is 16.1 Å². The van der Waals surface area contributed by atoms with E-state index in [4.69, 9.17) is 5.73 Å². The molecule has 1 aromatic carbocycles. The summed E-state index contributed by atoms with van der Waals surface area (Å²) in [5.41, 5.74) is 5.70. The summed E-state index contributed by atoms with van der Waals surface area (Å²) in [6, 6.07) is 5.50. The van der Waals surface area contributed by atoms with E-state index in [2.05, 4.69) is 10.0 Å². The van der Waals surface area contributed by atoms with Crippen LogP contribution in [0.3, 0.4) is 0 Å². The Morgan fingerprint density at radius 2 is 2.08 bits per heavy atom. The van der Waals surface area contributed by atoms with E-state index in [1.54, 1.807) is 24.0 Å². The molecule has 0 spiro atoms. The van der Waals surface area contributed by atoms with Crippen LogP contribution in [-0.2, 0) is 19.6 Å². The highest BCUT2D eigenvalue weighted by atomic mass is 32.2. The van der Waals surface area contributed by atoms with Gasteiger partial charge in [-0.25, -0.2) is 13.1 Å². The van der Waals surface area contributed by atoms with Gasteiger partial charge in [-0.3, -0.25) is 9.59 Å². The second kappa shape index (κ2) is 9.11. The first-order valence-electron chi connectivity index (χ1n) is 8.79. The fourth-order valence-corrected chi connectivity index (χ4v) is 4.04. The van der Waals surface area contributed by atoms with Gasteiger partial charge in [0, 0.05) is 31.7 Å². The van der Waals surface area contributed by atoms with Gasteiger partial charge in [-0.2, -0.15) is 0 Å². The van der Waals surface area contributed by atoms with Crippen molar-refractivity contribution in [1.82, 2.24) is 9.62 Å². The van der Waals surface area contributed by atoms with Gasteiger partial charge in [0.25, 0.3) is 0 Å². The van der Waals surface area contributed by atoms with Gasteiger partial charge >= 0.3 is 0 Å². The zero-order valence-corrected chi connectivity index (χ0v) is 15.7. The molecule has 1 unspecified atom stereocenters. The molecular weight excluding hydrogens is 356 g/mol. The molecule has 1 saturated heterocycles. The van der Waals surface area contributed by atoms with E-state index >= 15 is 0 Å². The third kappa shape index (κ3) is 5.03. The van der Waals surface area contributed by atoms with Crippen molar-refractivity contribution in [2.75, 3.05) is 25.0 Å². The molecule has 0 saturated carbocycles. The highest BCUT2D eigenvalue weighted by Gasteiger charge is 2.31. The third-order valence-electron chi connectivity index (χ3n) is 4.28. The van der Waals surface area contributed by atoms with Crippen LogP contribution in [0.5, 0.6) is 0 Å². The quantitative estimate of drug-likeness (QED) is 0.639. The van der Waals surface area contributed by atoms with Gasteiger partial charge in [-0.15, -0.1) is 0 Å². The van der Waals surface area contributed by atoms with Crippen LogP contribution in [0.25, 0.3) is 0 Å². The number of piperidine rings is 1. The van der Waals surface area contributed by atoms with Crippen LogP contribution in [0.1, 0.15) is 32.6 Å². The molecule has 0 radical (unpaired) electrons. The molecule has 4 N–H and O–H groups in total. The highest BCUT2D eigenvalue weighted by molar-refractivity contribution is 7.89. The molecule has 2 amide bonds. The number of nitrogens with two attached hydrogens (primary N) is 1. The van der Waals surface area contributed by atoms with Gasteiger partial charge in [-0.1, -0.05) is 13.0 Å². The number of hydrogen-bond donors (Lipinski definition) is 3. The lowest BCUT2D eigenvalue weighted by molar-refractivity contribution is -0.140. The lowest BCUT2D eigenvalue weighted by Crippen LogP contribution is -2.49. The second-order valence-corrected chi connectivity index (χ2v) is 7.92. The molecule has 1 aliphatic heterocycles. The smallest absolute Gasteiger partial charge is 0.247 e. The topological polar surface area (TPSA) is 122 Å². The molecule has 1 fully saturated rings. The van der Waals surface area contributed by atoms with Crippen molar-refractivity contribution in [2.45, 2.75) is 43.5 Å². The zero-order chi connectivity index (χ0) is 19.2. The Balaban J connectivity index is 2.13. The Hall–Kier alpha value is -1.97. The minimum absolute atomic E-state index is 0.0489. The molecule has 0 aliphatic carbocycles. The van der Waals surface area contributed by atoms with Gasteiger partial charge in [0.15, 0.2) is 0 Å². The first-order valence-corrected chi connectivity index (χ1v) is 10.3. The van der Waals surface area contributed by atoms with Crippen LogP contribution < -0.4 is 15.8 Å². The molecule has 9 heteroatoms. The van der Waals surface area contributed by atoms with Crippen LogP contribution in [0.2, 0.25) is 0 Å². The van der Waals surface area contributed by atoms with Crippen LogP contribution in [0.15, 0.2) is 29.2 Å². The fraction of sp³-hybridized carbons (Fsp3) is 0.529. The van der Waals surface area contributed by atoms with Crippen molar-refractivity contribution in [3.8, 4) is 0 Å². The monoisotopic (exact) mass is 382 g/mol. The van der Waals surface area contributed by atoms with E-state index in [0.29, 0.717) is 25.1 Å². The molecule has 1 heterocycles. The molecule has 1 aromatic rings. The summed E-state index contributed by atoms with van der Waals surface area (Å²) < 4.78 is 26.7. The standard InChI is InChI=1S/C17H26N4O4S/c1-2-16(22)21-11-4-3-8-15(21)17(23)20-13-6-5-7-14(12-13)26(24,25)19-10-9-18/h5-7,12,15,19H,2-4,8-11,18H2,1H3,(H,20,23). The summed E-state index contributed by atoms with van der Waals surface area (Å²) in [7, 11) is -3.68. The van der Waals surface area contributed by atoms with Crippen molar-refractivity contribution >= 4 is 27.5 Å². The number of carbonyl (C=O) groups is 2. The SMILES string of the molecule is CCC(=O)N1CCCCC1C(=O)Nc1cccc(S(=O)(=O)NCCN)c1. The summed E-state index contributed by atoms with van der Waals surface area (Å²) in [5.74, 6) is -0.344. The molecule has 0 aromatic heterocycles. The van der Waals surface area contributed by atoms with Gasteiger partial charge in [0.1, 0.15) is 6.04 Å². The number of nitrogens with one attached hydrogen (secondary N) is 2. The highest BCUT2D eigenvalue weighted by Crippen LogP contribution is 2.21. The Bertz CT molecular complexity index is 751. The van der Waals surface area contributed by atoms with E-state index in [1.165, 1.54) is 12.1 Å². The van der Waals surface area contributed by atoms with Crippen LogP contribution >= 0.6 is 0 Å². The Morgan fingerprint density at radius 3 is 2.77 bits per heavy atom. The van der Waals surface area contributed by atoms with E-state index in [1.807, 2.05) is 0 Å². The van der Waals surface area contributed by atoms with Crippen LogP contribution in [0.4, 0.5) is 5.69 Å². The van der Waals surface area contributed by atoms with Crippen LogP contribution in [0, 0.1) is 0 Å². The number of rotatable bonds is 7. The minimum atomic E-state index is -3.68. The first-order chi connectivity index (χ1) is 12.4. The number of amides is 2. The third-order valence-corrected chi connectivity index (χ3v) is 5.74. The number of likely N-dealkylation sites (tertiary alicyclic amines) is 1. The number of anilines is 1. The Labute approximate surface area is 154 Å². The lowest BCUT2D eigenvalue weighted by Gasteiger charge is -2.34. The van der Waals surface area contributed by atoms with Gasteiger partial charge in [-0.05, 0) is 37.5 Å². The average molecular weight is 382 g/mol. The molecule has 1 aliphatic rings. The largest absolute Gasteiger partial charge is 0.331 e. The van der Waals surface area contributed by atoms with Crippen LogP contribution in [-0.4, -0.2) is 50.8 Å². The van der Waals surface area contributed by atoms with Crippen molar-refractivity contribution in [2.24, 2.45) is 5.73 Å². The molecule has 8 nitrogen and oxygen atoms in total. The Morgan fingerprint density at radius 1 is 1.31 bits per heavy atom. The van der Waals surface area contributed by atoms with Gasteiger partial charge in [0.2, 0.25) is 21.8 Å². The lowest BCUT2D eigenvalue weighted by atomic mass is 10.0. The first kappa shape index (κ1) is 20.3. The number of hydrogen-bond acceptors (Lipinski definition) is 5. The van der Waals surface area contributed by atoms with Crippen molar-refractivity contribution in [1.29, 1.82) is 0 Å². The molecular formula is C17H26N4O4S. The normalized spacial score (nSPS) is 17.8. The number of benzene rings is 1. The summed E-state index contributed by atoms with van der Waals surface area (Å²) in [6.07, 6.45) is 2.72. The predicted molar refractivity (Wildman–Crippen MR) is 99.0 cm³/mol. The summed E-state index contributed by atoms with van der Waals surface area (Å²) in [4.78, 5) is 26.4. The summed E-state index contributed by atoms with van der Waals surface area (Å²) >= 11 is 0. The molecule has 144 valence electrons. The van der Waals surface area contributed by atoms with E-state index in [0.717, 1.165) is 12.8 Å². The van der Waals surface area contributed by atoms with Gasteiger partial charge < -0.3 is 16.0 Å². The van der Waals surface area contributed by atoms with Crippen molar-refractivity contribution in [3.63, 3.8) is 0 Å². The molecule has 0 bridgehead atoms. The maximum Gasteiger partial charge on any atom is 0.247 e. The maximum atomic E-state index is 12.6. The summed E-state index contributed by atoms with van der Waals surface area (Å²) in [5, 5.41) is 2.74. The summed E-state index contributed by atoms with van der Waals surface area (Å²) in [6.45, 7) is 2.67. The Kier molecular flexibility index (Phi) is 7.13. The fourth-order valence-electron chi connectivity index (χ4n) is 2.95. The number of carbonyl (C=O) groups excluding carboxylic acids is 2. The van der Waals surface area contributed by atoms with Crippen molar-refractivity contribution in [3.05, 3.63) is 24.3 Å². The average Bonchev–Trinajstić information content (AvgIpc) is 2.66. The zero-order valence-electron chi connectivity index (χ0n) is 14.9. The molecule has 1 atom stereocenters. The second-order valence-electron chi connectivity index (χ2n) is 6.16. The van der Waals surface area contributed by atoms with E-state index in [9.17, 15) is 18.0 Å². The predicted octanol–water partition coefficient (Wildman–Crippen LogP) is 0.653. The molecule has 2 rings (SSSR count). The van der Waals surface area contributed by atoms with Gasteiger partial charge in [0.05, 0.1) is 4.90 Å². The van der Waals surface area contributed by atoms with E-state index in [-0.39, 0.29) is 29.8 Å².